The number of piperidine rings is 1. The van der Waals surface area contributed by atoms with Crippen LogP contribution in [0.2, 0.25) is 5.02 Å². The van der Waals surface area contributed by atoms with Crippen molar-refractivity contribution in [3.8, 4) is 5.75 Å². The lowest BCUT2D eigenvalue weighted by Gasteiger charge is -2.40. The molecular weight excluding hydrogens is 530 g/mol. The van der Waals surface area contributed by atoms with Gasteiger partial charge in [-0.1, -0.05) is 29.8 Å². The van der Waals surface area contributed by atoms with E-state index in [-0.39, 0.29) is 17.9 Å². The quantitative estimate of drug-likeness (QED) is 0.428. The molecule has 3 aromatic rings. The number of methoxy groups -OCH3 is 1. The highest BCUT2D eigenvalue weighted by molar-refractivity contribution is 6.31. The lowest BCUT2D eigenvalue weighted by Crippen LogP contribution is -2.52. The van der Waals surface area contributed by atoms with Crippen LogP contribution in [0.1, 0.15) is 41.3 Å². The fraction of sp³-hybridized carbons (Fsp3) is 0.323. The van der Waals surface area contributed by atoms with E-state index in [0.29, 0.717) is 48.8 Å². The molecule has 3 heterocycles. The SMILES string of the molecule is CCOc1cccc(CN2[C@@H]3CCN(c4ccc(C(=O)OC)cc4)C(=O)[C@@H]3C[C@@]23C(=O)Nc2cc(Cl)ccc23)c1. The summed E-state index contributed by atoms with van der Waals surface area (Å²) in [4.78, 5) is 43.8. The summed E-state index contributed by atoms with van der Waals surface area (Å²) in [5.74, 6) is -0.209. The summed E-state index contributed by atoms with van der Waals surface area (Å²) >= 11 is 6.28. The van der Waals surface area contributed by atoms with E-state index in [1.54, 1.807) is 41.3 Å². The molecule has 2 amide bonds. The van der Waals surface area contributed by atoms with E-state index in [1.807, 2.05) is 37.3 Å². The number of carbonyl (C=O) groups is 3. The Kier molecular flexibility index (Phi) is 6.76. The Morgan fingerprint density at radius 3 is 2.65 bits per heavy atom. The molecule has 0 radical (unpaired) electrons. The smallest absolute Gasteiger partial charge is 0.337 e. The predicted octanol–water partition coefficient (Wildman–Crippen LogP) is 5.00. The Morgan fingerprint density at radius 2 is 1.90 bits per heavy atom. The predicted molar refractivity (Wildman–Crippen MR) is 152 cm³/mol. The molecule has 3 aliphatic rings. The van der Waals surface area contributed by atoms with Crippen LogP contribution in [-0.4, -0.2) is 49.0 Å². The molecule has 8 nitrogen and oxygen atoms in total. The second-order valence-corrected chi connectivity index (χ2v) is 10.8. The number of ether oxygens (including phenoxy) is 2. The first-order valence-electron chi connectivity index (χ1n) is 13.5. The molecule has 0 unspecified atom stereocenters. The number of fused-ring (bicyclic) bond motifs is 3. The first-order valence-corrected chi connectivity index (χ1v) is 13.8. The highest BCUT2D eigenvalue weighted by Crippen LogP contribution is 2.54. The van der Waals surface area contributed by atoms with E-state index in [9.17, 15) is 14.4 Å². The number of anilines is 2. The van der Waals surface area contributed by atoms with E-state index >= 15 is 0 Å². The third-order valence-electron chi connectivity index (χ3n) is 8.32. The maximum absolute atomic E-state index is 14.1. The summed E-state index contributed by atoms with van der Waals surface area (Å²) in [6, 6.07) is 20.1. The van der Waals surface area contributed by atoms with Crippen LogP contribution in [0.4, 0.5) is 11.4 Å². The highest BCUT2D eigenvalue weighted by atomic mass is 35.5. The molecule has 40 heavy (non-hydrogen) atoms. The van der Waals surface area contributed by atoms with Crippen LogP contribution < -0.4 is 15.0 Å². The minimum Gasteiger partial charge on any atom is -0.494 e. The van der Waals surface area contributed by atoms with Gasteiger partial charge in [-0.3, -0.25) is 14.5 Å². The van der Waals surface area contributed by atoms with Crippen LogP contribution in [0.3, 0.4) is 0 Å². The molecule has 0 aromatic heterocycles. The molecule has 206 valence electrons. The first kappa shape index (κ1) is 26.3. The number of likely N-dealkylation sites (tertiary alicyclic amines) is 1. The molecule has 0 bridgehead atoms. The minimum absolute atomic E-state index is 0.0257. The van der Waals surface area contributed by atoms with Crippen molar-refractivity contribution in [1.82, 2.24) is 4.90 Å². The molecule has 6 rings (SSSR count). The summed E-state index contributed by atoms with van der Waals surface area (Å²) in [7, 11) is 1.34. The molecular formula is C31H30ClN3O5. The van der Waals surface area contributed by atoms with Gasteiger partial charge >= 0.3 is 5.97 Å². The van der Waals surface area contributed by atoms with Gasteiger partial charge in [0.05, 0.1) is 25.2 Å². The number of nitrogens with zero attached hydrogens (tertiary/aromatic N) is 2. The van der Waals surface area contributed by atoms with Gasteiger partial charge in [-0.25, -0.2) is 4.79 Å². The largest absolute Gasteiger partial charge is 0.494 e. The molecule has 1 spiro atoms. The lowest BCUT2D eigenvalue weighted by atomic mass is 9.83. The Hall–Kier alpha value is -3.88. The van der Waals surface area contributed by atoms with E-state index in [0.717, 1.165) is 22.6 Å². The number of rotatable bonds is 6. The van der Waals surface area contributed by atoms with Gasteiger partial charge in [-0.05, 0) is 73.9 Å². The standard InChI is InChI=1S/C31H30ClN3O5/c1-3-40-23-6-4-5-19(15-23)18-35-27-13-14-34(22-10-7-20(8-11-22)29(37)39-2)28(36)24(27)17-31(35)25-12-9-21(32)16-26(25)33-30(31)38/h4-12,15-16,24,27H,3,13-14,17-18H2,1-2H3,(H,33,38)/t24-,27-,31-/m1/s1. The summed E-state index contributed by atoms with van der Waals surface area (Å²) in [6.45, 7) is 3.49. The van der Waals surface area contributed by atoms with Crippen LogP contribution in [0.15, 0.2) is 66.7 Å². The molecule has 2 saturated heterocycles. The first-order chi connectivity index (χ1) is 19.3. The van der Waals surface area contributed by atoms with Gasteiger partial charge in [-0.15, -0.1) is 0 Å². The number of nitrogens with one attached hydrogen (secondary N) is 1. The molecule has 1 N–H and O–H groups in total. The van der Waals surface area contributed by atoms with Crippen molar-refractivity contribution in [3.63, 3.8) is 0 Å². The Morgan fingerprint density at radius 1 is 1.10 bits per heavy atom. The molecule has 3 atom stereocenters. The van der Waals surface area contributed by atoms with Crippen LogP contribution in [-0.2, 0) is 26.4 Å². The van der Waals surface area contributed by atoms with E-state index in [1.165, 1.54) is 7.11 Å². The fourth-order valence-corrected chi connectivity index (χ4v) is 6.74. The Bertz CT molecular complexity index is 1490. The van der Waals surface area contributed by atoms with Crippen molar-refractivity contribution in [3.05, 3.63) is 88.4 Å². The normalized spacial score (nSPS) is 23.6. The Labute approximate surface area is 237 Å². The van der Waals surface area contributed by atoms with E-state index in [4.69, 9.17) is 21.1 Å². The topological polar surface area (TPSA) is 88.2 Å². The number of halogens is 1. The van der Waals surface area contributed by atoms with Gasteiger partial charge in [0.25, 0.3) is 0 Å². The number of esters is 1. The molecule has 3 aromatic carbocycles. The zero-order chi connectivity index (χ0) is 28.0. The van der Waals surface area contributed by atoms with Crippen molar-refractivity contribution >= 4 is 40.8 Å². The van der Waals surface area contributed by atoms with E-state index < -0.39 is 17.4 Å². The molecule has 9 heteroatoms. The summed E-state index contributed by atoms with van der Waals surface area (Å²) in [5.41, 5.74) is 2.68. The Balaban J connectivity index is 1.37. The maximum atomic E-state index is 14.1. The number of hydrogen-bond donors (Lipinski definition) is 1. The monoisotopic (exact) mass is 559 g/mol. The number of benzene rings is 3. The summed E-state index contributed by atoms with van der Waals surface area (Å²) in [6.07, 6.45) is 1.05. The maximum Gasteiger partial charge on any atom is 0.337 e. The summed E-state index contributed by atoms with van der Waals surface area (Å²) < 4.78 is 10.5. The zero-order valence-corrected chi connectivity index (χ0v) is 23.1. The lowest BCUT2D eigenvalue weighted by molar-refractivity contribution is -0.127. The molecule has 3 aliphatic heterocycles. The number of hydrogen-bond acceptors (Lipinski definition) is 6. The van der Waals surface area contributed by atoms with Crippen LogP contribution in [0.5, 0.6) is 5.75 Å². The molecule has 0 aliphatic carbocycles. The van der Waals surface area contributed by atoms with Crippen LogP contribution in [0, 0.1) is 5.92 Å². The van der Waals surface area contributed by atoms with Crippen LogP contribution >= 0.6 is 11.6 Å². The average Bonchev–Trinajstić information content (AvgIpc) is 3.43. The van der Waals surface area contributed by atoms with Crippen molar-refractivity contribution < 1.29 is 23.9 Å². The zero-order valence-electron chi connectivity index (χ0n) is 22.4. The third kappa shape index (κ3) is 4.22. The minimum atomic E-state index is -1.00. The van der Waals surface area contributed by atoms with Gasteiger partial charge in [-0.2, -0.15) is 0 Å². The van der Waals surface area contributed by atoms with Crippen molar-refractivity contribution in [2.24, 2.45) is 5.92 Å². The second kappa shape index (κ2) is 10.3. The molecule has 2 fully saturated rings. The van der Waals surface area contributed by atoms with Crippen molar-refractivity contribution in [1.29, 1.82) is 0 Å². The molecule has 0 saturated carbocycles. The van der Waals surface area contributed by atoms with Gasteiger partial charge < -0.3 is 19.7 Å². The number of amides is 2. The van der Waals surface area contributed by atoms with Crippen molar-refractivity contribution in [2.75, 3.05) is 30.5 Å². The van der Waals surface area contributed by atoms with E-state index in [2.05, 4.69) is 10.2 Å². The van der Waals surface area contributed by atoms with Gasteiger partial charge in [0.2, 0.25) is 11.8 Å². The summed E-state index contributed by atoms with van der Waals surface area (Å²) in [5, 5.41) is 3.59. The second-order valence-electron chi connectivity index (χ2n) is 10.4. The third-order valence-corrected chi connectivity index (χ3v) is 8.55. The number of carbonyl (C=O) groups excluding carboxylic acids is 3. The highest BCUT2D eigenvalue weighted by Gasteiger charge is 2.63. The van der Waals surface area contributed by atoms with Crippen molar-refractivity contribution in [2.45, 2.75) is 37.9 Å². The average molecular weight is 560 g/mol. The van der Waals surface area contributed by atoms with Gasteiger partial charge in [0.15, 0.2) is 0 Å². The van der Waals surface area contributed by atoms with Gasteiger partial charge in [0.1, 0.15) is 11.3 Å². The van der Waals surface area contributed by atoms with Crippen LogP contribution in [0.25, 0.3) is 0 Å². The fourth-order valence-electron chi connectivity index (χ4n) is 6.57. The van der Waals surface area contributed by atoms with Gasteiger partial charge in [0, 0.05) is 41.1 Å².